The highest BCUT2D eigenvalue weighted by Gasteiger charge is 2.35. The molecule has 2 aromatic rings. The first-order chi connectivity index (χ1) is 11.5. The monoisotopic (exact) mass is 328 g/mol. The molecule has 0 saturated carbocycles. The summed E-state index contributed by atoms with van der Waals surface area (Å²) in [6.45, 7) is 5.19. The van der Waals surface area contributed by atoms with Gasteiger partial charge in [0.15, 0.2) is 0 Å². The van der Waals surface area contributed by atoms with Gasteiger partial charge >= 0.3 is 6.01 Å². The van der Waals surface area contributed by atoms with E-state index in [0.717, 1.165) is 5.56 Å². The van der Waals surface area contributed by atoms with Crippen molar-refractivity contribution >= 4 is 17.8 Å². The molecule has 1 aromatic carbocycles. The predicted molar refractivity (Wildman–Crippen MR) is 87.9 cm³/mol. The average molecular weight is 328 g/mol. The van der Waals surface area contributed by atoms with Crippen LogP contribution in [0.2, 0.25) is 0 Å². The second-order valence-corrected chi connectivity index (χ2v) is 6.37. The Morgan fingerprint density at radius 2 is 2.12 bits per heavy atom. The van der Waals surface area contributed by atoms with Gasteiger partial charge in [-0.05, 0) is 5.92 Å². The molecule has 0 radical (unpaired) electrons. The number of rotatable bonds is 5. The molecule has 2 heterocycles. The maximum Gasteiger partial charge on any atom is 0.328 e. The molecule has 0 unspecified atom stereocenters. The summed E-state index contributed by atoms with van der Waals surface area (Å²) in [6.07, 6.45) is 0.220. The van der Waals surface area contributed by atoms with Crippen LogP contribution >= 0.6 is 0 Å². The number of carbonyl (C=O) groups is 2. The largest absolute Gasteiger partial charge is 0.342 e. The van der Waals surface area contributed by atoms with Gasteiger partial charge in [-0.3, -0.25) is 14.9 Å². The third-order valence-corrected chi connectivity index (χ3v) is 3.86. The van der Waals surface area contributed by atoms with Gasteiger partial charge in [0.2, 0.25) is 17.6 Å². The van der Waals surface area contributed by atoms with Gasteiger partial charge < -0.3 is 9.42 Å². The Hall–Kier alpha value is -2.70. The van der Waals surface area contributed by atoms with E-state index >= 15 is 0 Å². The summed E-state index contributed by atoms with van der Waals surface area (Å²) in [5.41, 5.74) is 0.806. The standard InChI is InChI=1S/C17H20N4O3/c1-11(2)9-21-10-13(8-14(21)22)16(23)19-17-18-15(20-24-17)12-6-4-3-5-7-12/h3-7,11,13H,8-10H2,1-2H3,(H,18,19,20,23)/t13-/m0/s1. The summed E-state index contributed by atoms with van der Waals surface area (Å²) >= 11 is 0. The molecule has 1 atom stereocenters. The molecule has 0 bridgehead atoms. The van der Waals surface area contributed by atoms with Crippen molar-refractivity contribution in [3.05, 3.63) is 30.3 Å². The lowest BCUT2D eigenvalue weighted by Gasteiger charge is -2.18. The van der Waals surface area contributed by atoms with Gasteiger partial charge in [-0.1, -0.05) is 49.3 Å². The Bertz CT molecular complexity index is 726. The number of benzene rings is 1. The molecule has 126 valence electrons. The zero-order valence-electron chi connectivity index (χ0n) is 13.7. The zero-order valence-corrected chi connectivity index (χ0v) is 13.7. The lowest BCUT2D eigenvalue weighted by molar-refractivity contribution is -0.128. The Morgan fingerprint density at radius 3 is 2.83 bits per heavy atom. The van der Waals surface area contributed by atoms with Crippen LogP contribution in [0.25, 0.3) is 11.4 Å². The Balaban J connectivity index is 1.62. The van der Waals surface area contributed by atoms with Crippen molar-refractivity contribution in [3.8, 4) is 11.4 Å². The topological polar surface area (TPSA) is 88.3 Å². The van der Waals surface area contributed by atoms with Crippen LogP contribution in [0.5, 0.6) is 0 Å². The van der Waals surface area contributed by atoms with E-state index in [1.165, 1.54) is 0 Å². The van der Waals surface area contributed by atoms with Crippen LogP contribution in [-0.2, 0) is 9.59 Å². The fourth-order valence-corrected chi connectivity index (χ4v) is 2.75. The number of nitrogens with zero attached hydrogens (tertiary/aromatic N) is 3. The molecule has 24 heavy (non-hydrogen) atoms. The molecule has 3 rings (SSSR count). The summed E-state index contributed by atoms with van der Waals surface area (Å²) in [6, 6.07) is 9.40. The highest BCUT2D eigenvalue weighted by molar-refractivity contribution is 5.96. The van der Waals surface area contributed by atoms with Gasteiger partial charge in [-0.15, -0.1) is 0 Å². The van der Waals surface area contributed by atoms with Crippen molar-refractivity contribution in [2.45, 2.75) is 20.3 Å². The van der Waals surface area contributed by atoms with Crippen molar-refractivity contribution in [3.63, 3.8) is 0 Å². The van der Waals surface area contributed by atoms with Gasteiger partial charge in [-0.2, -0.15) is 4.98 Å². The van der Waals surface area contributed by atoms with Crippen molar-refractivity contribution in [1.29, 1.82) is 0 Å². The summed E-state index contributed by atoms with van der Waals surface area (Å²) in [5.74, 6) is 0.149. The molecule has 1 aliphatic heterocycles. The van der Waals surface area contributed by atoms with Crippen molar-refractivity contribution in [2.75, 3.05) is 18.4 Å². The molecular weight excluding hydrogens is 308 g/mol. The quantitative estimate of drug-likeness (QED) is 0.909. The molecule has 7 heteroatoms. The van der Waals surface area contributed by atoms with Crippen molar-refractivity contribution < 1.29 is 14.1 Å². The highest BCUT2D eigenvalue weighted by atomic mass is 16.5. The number of amides is 2. The van der Waals surface area contributed by atoms with E-state index < -0.39 is 0 Å². The summed E-state index contributed by atoms with van der Waals surface area (Å²) < 4.78 is 5.08. The van der Waals surface area contributed by atoms with E-state index in [2.05, 4.69) is 15.5 Å². The number of carbonyl (C=O) groups excluding carboxylic acids is 2. The number of likely N-dealkylation sites (tertiary alicyclic amines) is 1. The number of hydrogen-bond donors (Lipinski definition) is 1. The molecule has 1 aromatic heterocycles. The van der Waals surface area contributed by atoms with Gasteiger partial charge in [0.25, 0.3) is 0 Å². The third kappa shape index (κ3) is 3.61. The van der Waals surface area contributed by atoms with E-state index in [1.54, 1.807) is 4.90 Å². The Morgan fingerprint density at radius 1 is 1.38 bits per heavy atom. The van der Waals surface area contributed by atoms with E-state index in [4.69, 9.17) is 4.52 Å². The van der Waals surface area contributed by atoms with E-state index in [0.29, 0.717) is 24.8 Å². The molecule has 0 aliphatic carbocycles. The molecular formula is C17H20N4O3. The molecule has 1 fully saturated rings. The summed E-state index contributed by atoms with van der Waals surface area (Å²) in [7, 11) is 0. The molecule has 1 saturated heterocycles. The first-order valence-electron chi connectivity index (χ1n) is 8.00. The number of aromatic nitrogens is 2. The van der Waals surface area contributed by atoms with Gasteiger partial charge in [0.1, 0.15) is 0 Å². The maximum atomic E-state index is 12.3. The lowest BCUT2D eigenvalue weighted by Crippen LogP contribution is -2.31. The summed E-state index contributed by atoms with van der Waals surface area (Å²) in [4.78, 5) is 30.2. The SMILES string of the molecule is CC(C)CN1C[C@@H](C(=O)Nc2nc(-c3ccccc3)no2)CC1=O. The number of hydrogen-bond acceptors (Lipinski definition) is 5. The van der Waals surface area contributed by atoms with Crippen LogP contribution < -0.4 is 5.32 Å². The zero-order chi connectivity index (χ0) is 17.1. The van der Waals surface area contributed by atoms with Crippen LogP contribution in [-0.4, -0.2) is 39.9 Å². The van der Waals surface area contributed by atoms with Crippen LogP contribution in [0.4, 0.5) is 6.01 Å². The van der Waals surface area contributed by atoms with E-state index in [-0.39, 0.29) is 30.2 Å². The van der Waals surface area contributed by atoms with Gasteiger partial charge in [0.05, 0.1) is 5.92 Å². The molecule has 0 spiro atoms. The fraction of sp³-hybridized carbons (Fsp3) is 0.412. The molecule has 7 nitrogen and oxygen atoms in total. The van der Waals surface area contributed by atoms with Gasteiger partial charge in [-0.25, -0.2) is 0 Å². The Kier molecular flexibility index (Phi) is 4.59. The normalized spacial score (nSPS) is 17.5. The smallest absolute Gasteiger partial charge is 0.328 e. The lowest BCUT2D eigenvalue weighted by atomic mass is 10.1. The van der Waals surface area contributed by atoms with Crippen LogP contribution in [0.1, 0.15) is 20.3 Å². The summed E-state index contributed by atoms with van der Waals surface area (Å²) in [5, 5.41) is 6.47. The fourth-order valence-electron chi connectivity index (χ4n) is 2.75. The first kappa shape index (κ1) is 16.2. The molecule has 1 N–H and O–H groups in total. The minimum absolute atomic E-state index is 0.0133. The van der Waals surface area contributed by atoms with Crippen molar-refractivity contribution in [1.82, 2.24) is 15.0 Å². The highest BCUT2D eigenvalue weighted by Crippen LogP contribution is 2.22. The predicted octanol–water partition coefficient (Wildman–Crippen LogP) is 2.18. The van der Waals surface area contributed by atoms with Gasteiger partial charge in [0, 0.05) is 25.1 Å². The van der Waals surface area contributed by atoms with Crippen LogP contribution in [0.15, 0.2) is 34.9 Å². The minimum Gasteiger partial charge on any atom is -0.342 e. The molecule has 2 amide bonds. The van der Waals surface area contributed by atoms with Crippen LogP contribution in [0.3, 0.4) is 0 Å². The van der Waals surface area contributed by atoms with E-state index in [9.17, 15) is 9.59 Å². The number of anilines is 1. The average Bonchev–Trinajstić information content (AvgIpc) is 3.15. The first-order valence-corrected chi connectivity index (χ1v) is 8.00. The number of nitrogens with one attached hydrogen (secondary N) is 1. The van der Waals surface area contributed by atoms with Crippen LogP contribution in [0, 0.1) is 11.8 Å². The van der Waals surface area contributed by atoms with Crippen molar-refractivity contribution in [2.24, 2.45) is 11.8 Å². The third-order valence-electron chi connectivity index (χ3n) is 3.86. The minimum atomic E-state index is -0.386. The van der Waals surface area contributed by atoms with E-state index in [1.807, 2.05) is 44.2 Å². The second kappa shape index (κ2) is 6.82. The molecule has 1 aliphatic rings. The second-order valence-electron chi connectivity index (χ2n) is 6.37. The Labute approximate surface area is 140 Å². The maximum absolute atomic E-state index is 12.3.